The van der Waals surface area contributed by atoms with Gasteiger partial charge in [-0.3, -0.25) is 19.8 Å². The number of hydrogen-bond donors (Lipinski definition) is 0. The minimum Gasteiger partial charge on any atom is -0.295 e. The number of carbonyl (C=O) groups is 1. The van der Waals surface area contributed by atoms with Crippen molar-refractivity contribution >= 4 is 45.0 Å². The van der Waals surface area contributed by atoms with E-state index in [4.69, 9.17) is 0 Å². The molecule has 1 aliphatic rings. The van der Waals surface area contributed by atoms with Gasteiger partial charge in [-0.1, -0.05) is 28.1 Å². The number of nitrogens with zero attached hydrogens (tertiary/aromatic N) is 2. The zero-order chi connectivity index (χ0) is 15.7. The summed E-state index contributed by atoms with van der Waals surface area (Å²) in [5.41, 5.74) is 1.32. The minimum atomic E-state index is -0.404. The van der Waals surface area contributed by atoms with Crippen LogP contribution in [0.4, 0.5) is 11.4 Å². The van der Waals surface area contributed by atoms with Gasteiger partial charge in [0, 0.05) is 16.2 Å². The van der Waals surface area contributed by atoms with Crippen molar-refractivity contribution in [2.45, 2.75) is 5.37 Å². The highest BCUT2D eigenvalue weighted by atomic mass is 79.9. The fourth-order valence-electron chi connectivity index (χ4n) is 2.40. The van der Waals surface area contributed by atoms with E-state index in [1.165, 1.54) is 17.8 Å². The normalized spacial score (nSPS) is 17.8. The van der Waals surface area contributed by atoms with Crippen molar-refractivity contribution in [1.82, 2.24) is 0 Å². The van der Waals surface area contributed by atoms with Gasteiger partial charge in [0.05, 0.1) is 16.2 Å². The van der Waals surface area contributed by atoms with E-state index in [0.29, 0.717) is 11.3 Å². The molecule has 5 nitrogen and oxygen atoms in total. The van der Waals surface area contributed by atoms with Crippen molar-refractivity contribution in [1.29, 1.82) is 0 Å². The summed E-state index contributed by atoms with van der Waals surface area (Å²) < 4.78 is 0.915. The average Bonchev–Trinajstić information content (AvgIpc) is 2.90. The van der Waals surface area contributed by atoms with E-state index >= 15 is 0 Å². The number of amides is 1. The fraction of sp³-hybridized carbons (Fsp3) is 0.133. The van der Waals surface area contributed by atoms with Crippen LogP contribution in [0.5, 0.6) is 0 Å². The Morgan fingerprint density at radius 1 is 1.18 bits per heavy atom. The van der Waals surface area contributed by atoms with Gasteiger partial charge in [0.15, 0.2) is 0 Å². The predicted molar refractivity (Wildman–Crippen MR) is 89.9 cm³/mol. The molecule has 0 saturated carbocycles. The molecule has 1 heterocycles. The first-order valence-corrected chi connectivity index (χ1v) is 8.34. The maximum Gasteiger partial charge on any atom is 0.275 e. The average molecular weight is 379 g/mol. The van der Waals surface area contributed by atoms with Gasteiger partial charge in [-0.25, -0.2) is 0 Å². The molecule has 2 aromatic carbocycles. The van der Waals surface area contributed by atoms with E-state index in [1.807, 2.05) is 24.3 Å². The lowest BCUT2D eigenvalue weighted by Crippen LogP contribution is -2.28. The Kier molecular flexibility index (Phi) is 4.17. The van der Waals surface area contributed by atoms with E-state index < -0.39 is 4.92 Å². The summed E-state index contributed by atoms with van der Waals surface area (Å²) in [6.07, 6.45) is 0. The topological polar surface area (TPSA) is 63.4 Å². The highest BCUT2D eigenvalue weighted by molar-refractivity contribution is 9.10. The van der Waals surface area contributed by atoms with E-state index in [9.17, 15) is 14.9 Å². The van der Waals surface area contributed by atoms with Crippen LogP contribution in [0.1, 0.15) is 10.9 Å². The third-order valence-corrected chi connectivity index (χ3v) is 5.09. The summed E-state index contributed by atoms with van der Waals surface area (Å²) in [4.78, 5) is 24.7. The second-order valence-corrected chi connectivity index (χ2v) is 6.70. The van der Waals surface area contributed by atoms with Crippen LogP contribution in [-0.4, -0.2) is 16.6 Å². The van der Waals surface area contributed by atoms with Crippen LogP contribution in [0.3, 0.4) is 0 Å². The Balaban J connectivity index is 2.05. The number of thioether (sulfide) groups is 1. The first-order chi connectivity index (χ1) is 10.6. The first-order valence-electron chi connectivity index (χ1n) is 6.50. The Bertz CT molecular complexity index is 736. The summed E-state index contributed by atoms with van der Waals surface area (Å²) in [5, 5.41) is 10.9. The van der Waals surface area contributed by atoms with Crippen LogP contribution in [0, 0.1) is 10.1 Å². The van der Waals surface area contributed by atoms with Gasteiger partial charge in [-0.05, 0) is 30.3 Å². The monoisotopic (exact) mass is 378 g/mol. The van der Waals surface area contributed by atoms with Crippen LogP contribution >= 0.6 is 27.7 Å². The van der Waals surface area contributed by atoms with Crippen molar-refractivity contribution in [2.24, 2.45) is 0 Å². The Hall–Kier alpha value is -1.86. The van der Waals surface area contributed by atoms with Crippen LogP contribution in [0.25, 0.3) is 0 Å². The summed E-state index contributed by atoms with van der Waals surface area (Å²) in [6.45, 7) is 0. The summed E-state index contributed by atoms with van der Waals surface area (Å²) in [6, 6.07) is 13.9. The van der Waals surface area contributed by atoms with Gasteiger partial charge in [-0.15, -0.1) is 11.8 Å². The fourth-order valence-corrected chi connectivity index (χ4v) is 3.87. The molecule has 3 rings (SSSR count). The van der Waals surface area contributed by atoms with Crippen LogP contribution in [0.2, 0.25) is 0 Å². The third-order valence-electron chi connectivity index (χ3n) is 3.37. The summed E-state index contributed by atoms with van der Waals surface area (Å²) >= 11 is 4.76. The number of rotatable bonds is 3. The molecule has 0 aromatic heterocycles. The zero-order valence-corrected chi connectivity index (χ0v) is 13.7. The summed E-state index contributed by atoms with van der Waals surface area (Å²) in [5.74, 6) is 0.266. The van der Waals surface area contributed by atoms with E-state index in [1.54, 1.807) is 23.1 Å². The van der Waals surface area contributed by atoms with Crippen molar-refractivity contribution in [3.63, 3.8) is 0 Å². The minimum absolute atomic E-state index is 0.0387. The Morgan fingerprint density at radius 2 is 1.86 bits per heavy atom. The van der Waals surface area contributed by atoms with Gasteiger partial charge < -0.3 is 0 Å². The molecule has 0 N–H and O–H groups in total. The molecular weight excluding hydrogens is 368 g/mol. The second-order valence-electron chi connectivity index (χ2n) is 4.72. The van der Waals surface area contributed by atoms with E-state index in [-0.39, 0.29) is 17.0 Å². The van der Waals surface area contributed by atoms with Gasteiger partial charge in [-0.2, -0.15) is 0 Å². The molecule has 1 amide bonds. The zero-order valence-electron chi connectivity index (χ0n) is 11.3. The quantitative estimate of drug-likeness (QED) is 0.594. The SMILES string of the molecule is O=C1CSC(c2ccccc2[N+](=O)[O-])N1c1ccc(Br)cc1. The molecular formula is C15H11BrN2O3S. The number of para-hydroxylation sites is 1. The molecule has 112 valence electrons. The van der Waals surface area contributed by atoms with Crippen molar-refractivity contribution in [3.8, 4) is 0 Å². The maximum atomic E-state index is 12.2. The molecule has 0 radical (unpaired) electrons. The van der Waals surface area contributed by atoms with E-state index in [0.717, 1.165) is 10.2 Å². The molecule has 0 aliphatic carbocycles. The van der Waals surface area contributed by atoms with E-state index in [2.05, 4.69) is 15.9 Å². The van der Waals surface area contributed by atoms with Crippen LogP contribution < -0.4 is 4.90 Å². The largest absolute Gasteiger partial charge is 0.295 e. The molecule has 22 heavy (non-hydrogen) atoms. The molecule has 1 saturated heterocycles. The molecule has 2 aromatic rings. The van der Waals surface area contributed by atoms with Crippen LogP contribution in [0.15, 0.2) is 53.0 Å². The van der Waals surface area contributed by atoms with Crippen molar-refractivity contribution in [2.75, 3.05) is 10.7 Å². The van der Waals surface area contributed by atoms with Crippen molar-refractivity contribution in [3.05, 3.63) is 68.7 Å². The lowest BCUT2D eigenvalue weighted by molar-refractivity contribution is -0.385. The number of anilines is 1. The molecule has 1 atom stereocenters. The van der Waals surface area contributed by atoms with Gasteiger partial charge in [0.25, 0.3) is 5.69 Å². The molecule has 7 heteroatoms. The van der Waals surface area contributed by atoms with Gasteiger partial charge in [0.2, 0.25) is 5.91 Å². The lowest BCUT2D eigenvalue weighted by atomic mass is 10.1. The molecule has 0 spiro atoms. The molecule has 1 fully saturated rings. The lowest BCUT2D eigenvalue weighted by Gasteiger charge is -2.24. The highest BCUT2D eigenvalue weighted by Crippen LogP contribution is 2.44. The second kappa shape index (κ2) is 6.10. The van der Waals surface area contributed by atoms with Gasteiger partial charge >= 0.3 is 0 Å². The Labute approximate surface area is 139 Å². The molecule has 0 bridgehead atoms. The number of benzene rings is 2. The predicted octanol–water partition coefficient (Wildman–Crippen LogP) is 4.14. The van der Waals surface area contributed by atoms with Crippen molar-refractivity contribution < 1.29 is 9.72 Å². The Morgan fingerprint density at radius 3 is 2.55 bits per heavy atom. The smallest absolute Gasteiger partial charge is 0.275 e. The highest BCUT2D eigenvalue weighted by Gasteiger charge is 2.37. The maximum absolute atomic E-state index is 12.2. The third kappa shape index (κ3) is 2.74. The number of halogens is 1. The standard InChI is InChI=1S/C15H11BrN2O3S/c16-10-5-7-11(8-6-10)17-14(19)9-22-15(17)12-3-1-2-4-13(12)18(20)21/h1-8,15H,9H2. The number of hydrogen-bond acceptors (Lipinski definition) is 4. The number of nitro groups is 1. The molecule has 1 unspecified atom stereocenters. The number of carbonyl (C=O) groups excluding carboxylic acids is 1. The summed E-state index contributed by atoms with van der Waals surface area (Å²) in [7, 11) is 0. The van der Waals surface area contributed by atoms with Gasteiger partial charge in [0.1, 0.15) is 5.37 Å². The first kappa shape index (κ1) is 15.1. The molecule has 1 aliphatic heterocycles. The van der Waals surface area contributed by atoms with Crippen LogP contribution in [-0.2, 0) is 4.79 Å². The number of nitro benzene ring substituents is 1.